The predicted molar refractivity (Wildman–Crippen MR) is 164 cm³/mol. The number of hydrogen-bond donors (Lipinski definition) is 1. The number of carbonyl (C=O) groups is 1. The molecule has 0 amide bonds. The average molecular weight is 669 g/mol. The maximum absolute atomic E-state index is 15.6. The van der Waals surface area contributed by atoms with Gasteiger partial charge in [0.2, 0.25) is 5.88 Å². The van der Waals surface area contributed by atoms with Crippen molar-refractivity contribution in [2.24, 2.45) is 11.8 Å². The number of esters is 1. The van der Waals surface area contributed by atoms with Crippen LogP contribution in [0.15, 0.2) is 48.8 Å². The minimum Gasteiger partial charge on any atom is -0.473 e. The molecule has 0 saturated heterocycles. The summed E-state index contributed by atoms with van der Waals surface area (Å²) in [7, 11) is 0. The van der Waals surface area contributed by atoms with Crippen LogP contribution in [0.3, 0.4) is 0 Å². The number of carbonyl (C=O) groups excluding carboxylic acids is 1. The van der Waals surface area contributed by atoms with Gasteiger partial charge in [-0.1, -0.05) is 0 Å². The zero-order valence-electron chi connectivity index (χ0n) is 26.4. The molecule has 1 saturated carbocycles. The number of fused-ring (bicyclic) bond motifs is 4. The van der Waals surface area contributed by atoms with Crippen molar-refractivity contribution in [3.63, 3.8) is 0 Å². The van der Waals surface area contributed by atoms with Gasteiger partial charge >= 0.3 is 12.1 Å². The van der Waals surface area contributed by atoms with Crippen LogP contribution in [0.4, 0.5) is 27.6 Å². The van der Waals surface area contributed by atoms with Crippen molar-refractivity contribution in [2.75, 3.05) is 11.5 Å². The van der Waals surface area contributed by atoms with E-state index in [1.165, 1.54) is 12.1 Å². The fraction of sp³-hybridized carbons (Fsp3) is 0.400. The maximum atomic E-state index is 15.6. The third kappa shape index (κ3) is 5.99. The molecular formula is C35H33F5N4O4. The van der Waals surface area contributed by atoms with Crippen molar-refractivity contribution in [3.8, 4) is 17.0 Å². The van der Waals surface area contributed by atoms with E-state index in [1.807, 2.05) is 11.1 Å². The molecule has 48 heavy (non-hydrogen) atoms. The molecule has 3 aliphatic rings. The number of rotatable bonds is 9. The highest BCUT2D eigenvalue weighted by Gasteiger charge is 2.60. The SMILES string of the molecule is CCOC(=O)C1C2Cc3cc(OCc4cc(-c5ccc(N6Cc7cn(CC(C)(C)O)nc7C6)cc5F)c(C(F)(F)F)cc4F)ncc3C21. The summed E-state index contributed by atoms with van der Waals surface area (Å²) < 4.78 is 85.5. The lowest BCUT2D eigenvalue weighted by molar-refractivity contribution is -0.145. The molecule has 2 aromatic carbocycles. The molecule has 2 aromatic heterocycles. The smallest absolute Gasteiger partial charge is 0.417 e. The van der Waals surface area contributed by atoms with Gasteiger partial charge < -0.3 is 19.5 Å². The Morgan fingerprint density at radius 3 is 2.52 bits per heavy atom. The van der Waals surface area contributed by atoms with Crippen LogP contribution in [0.5, 0.6) is 5.88 Å². The molecule has 1 fully saturated rings. The molecular weight excluding hydrogens is 635 g/mol. The van der Waals surface area contributed by atoms with Gasteiger partial charge in [0.15, 0.2) is 0 Å². The molecule has 1 N–H and O–H groups in total. The molecule has 3 heterocycles. The number of anilines is 1. The Kier molecular flexibility index (Phi) is 7.73. The summed E-state index contributed by atoms with van der Waals surface area (Å²) in [6.45, 7) is 6.07. The van der Waals surface area contributed by atoms with Crippen LogP contribution in [-0.2, 0) is 48.4 Å². The number of halogens is 5. The third-order valence-corrected chi connectivity index (χ3v) is 9.19. The average Bonchev–Trinajstić information content (AvgIpc) is 3.23. The minimum atomic E-state index is -4.95. The second kappa shape index (κ2) is 11.6. The van der Waals surface area contributed by atoms with Crippen LogP contribution in [0.2, 0.25) is 0 Å². The second-order valence-electron chi connectivity index (χ2n) is 13.3. The van der Waals surface area contributed by atoms with E-state index in [1.54, 1.807) is 37.7 Å². The maximum Gasteiger partial charge on any atom is 0.417 e. The van der Waals surface area contributed by atoms with E-state index in [0.29, 0.717) is 44.4 Å². The molecule has 3 unspecified atom stereocenters. The number of nitrogens with zero attached hydrogens (tertiary/aromatic N) is 4. The Balaban J connectivity index is 1.09. The van der Waals surface area contributed by atoms with Crippen molar-refractivity contribution >= 4 is 11.7 Å². The molecule has 252 valence electrons. The van der Waals surface area contributed by atoms with E-state index in [0.717, 1.165) is 34.5 Å². The number of hydrogen-bond acceptors (Lipinski definition) is 7. The van der Waals surface area contributed by atoms with Crippen molar-refractivity contribution in [1.29, 1.82) is 0 Å². The highest BCUT2D eigenvalue weighted by molar-refractivity contribution is 5.79. The lowest BCUT2D eigenvalue weighted by atomic mass is 9.95. The number of benzene rings is 2. The molecule has 13 heteroatoms. The highest BCUT2D eigenvalue weighted by atomic mass is 19.4. The zero-order valence-corrected chi connectivity index (χ0v) is 26.4. The topological polar surface area (TPSA) is 89.7 Å². The van der Waals surface area contributed by atoms with Gasteiger partial charge in [-0.25, -0.2) is 13.8 Å². The second-order valence-corrected chi connectivity index (χ2v) is 13.3. The largest absolute Gasteiger partial charge is 0.473 e. The Hall–Kier alpha value is -4.52. The molecule has 7 rings (SSSR count). The van der Waals surface area contributed by atoms with Gasteiger partial charge in [0.05, 0.1) is 42.5 Å². The Bertz CT molecular complexity index is 1890. The molecule has 0 radical (unpaired) electrons. The van der Waals surface area contributed by atoms with E-state index < -0.39 is 41.1 Å². The van der Waals surface area contributed by atoms with Crippen molar-refractivity contribution in [2.45, 2.75) is 71.1 Å². The van der Waals surface area contributed by atoms with E-state index in [9.17, 15) is 23.1 Å². The third-order valence-electron chi connectivity index (χ3n) is 9.19. The molecule has 2 aliphatic carbocycles. The van der Waals surface area contributed by atoms with E-state index in [2.05, 4.69) is 10.1 Å². The van der Waals surface area contributed by atoms with Gasteiger partial charge in [-0.2, -0.15) is 18.3 Å². The van der Waals surface area contributed by atoms with Gasteiger partial charge in [0, 0.05) is 53.3 Å². The number of ether oxygens (including phenoxy) is 2. The van der Waals surface area contributed by atoms with Gasteiger partial charge in [-0.05, 0) is 80.1 Å². The fourth-order valence-corrected chi connectivity index (χ4v) is 7.03. The lowest BCUT2D eigenvalue weighted by Crippen LogP contribution is -2.27. The van der Waals surface area contributed by atoms with Gasteiger partial charge in [0.25, 0.3) is 0 Å². The van der Waals surface area contributed by atoms with Crippen LogP contribution in [0.1, 0.15) is 60.2 Å². The number of aromatic nitrogens is 3. The summed E-state index contributed by atoms with van der Waals surface area (Å²) in [6.07, 6.45) is -0.878. The Labute approximate surface area is 273 Å². The Morgan fingerprint density at radius 2 is 1.83 bits per heavy atom. The van der Waals surface area contributed by atoms with E-state index >= 15 is 8.78 Å². The molecule has 8 nitrogen and oxygen atoms in total. The number of alkyl halides is 3. The molecule has 0 bridgehead atoms. The first-order valence-corrected chi connectivity index (χ1v) is 15.7. The van der Waals surface area contributed by atoms with Crippen LogP contribution in [-0.4, -0.2) is 38.0 Å². The molecule has 3 atom stereocenters. The summed E-state index contributed by atoms with van der Waals surface area (Å²) in [5.41, 5.74) is 0.725. The van der Waals surface area contributed by atoms with Crippen molar-refractivity contribution in [1.82, 2.24) is 14.8 Å². The minimum absolute atomic E-state index is 0.0441. The first-order valence-electron chi connectivity index (χ1n) is 15.7. The van der Waals surface area contributed by atoms with E-state index in [4.69, 9.17) is 9.47 Å². The fourth-order valence-electron chi connectivity index (χ4n) is 7.03. The standard InChI is InChI=1S/C35H33F5N4O4/c1-4-47-33(45)32-24-7-18-9-30(41-12-25(18)31(24)32)48-16-19-8-23(26(11-27(19)36)35(38,39)40)22-6-5-21(10-28(22)37)43-13-20-14-44(17-34(2,3)46)42-29(20)15-43/h5-6,8-12,14,24,31-32,46H,4,7,13,15-17H2,1-3H3. The van der Waals surface area contributed by atoms with Crippen LogP contribution < -0.4 is 9.64 Å². The van der Waals surface area contributed by atoms with Gasteiger partial charge in [-0.3, -0.25) is 9.48 Å². The van der Waals surface area contributed by atoms with E-state index in [-0.39, 0.29) is 40.7 Å². The summed E-state index contributed by atoms with van der Waals surface area (Å²) in [5, 5.41) is 14.6. The number of pyridine rings is 1. The lowest BCUT2D eigenvalue weighted by Gasteiger charge is -2.21. The van der Waals surface area contributed by atoms with Gasteiger partial charge in [-0.15, -0.1) is 0 Å². The van der Waals surface area contributed by atoms with Crippen LogP contribution >= 0.6 is 0 Å². The number of aliphatic hydroxyl groups is 1. The summed E-state index contributed by atoms with van der Waals surface area (Å²) in [4.78, 5) is 18.3. The summed E-state index contributed by atoms with van der Waals surface area (Å²) >= 11 is 0. The quantitative estimate of drug-likeness (QED) is 0.160. The first kappa shape index (κ1) is 32.0. The monoisotopic (exact) mass is 668 g/mol. The van der Waals surface area contributed by atoms with Gasteiger partial charge in [0.1, 0.15) is 18.2 Å². The summed E-state index contributed by atoms with van der Waals surface area (Å²) in [5.74, 6) is -2.09. The van der Waals surface area contributed by atoms with Crippen molar-refractivity contribution in [3.05, 3.63) is 93.9 Å². The zero-order chi connectivity index (χ0) is 34.1. The summed E-state index contributed by atoms with van der Waals surface area (Å²) in [6, 6.07) is 6.99. The van der Waals surface area contributed by atoms with Crippen LogP contribution in [0, 0.1) is 23.5 Å². The molecule has 4 aromatic rings. The molecule has 0 spiro atoms. The Morgan fingerprint density at radius 1 is 1.04 bits per heavy atom. The highest BCUT2D eigenvalue weighted by Crippen LogP contribution is 2.62. The normalized spacial score (nSPS) is 19.6. The van der Waals surface area contributed by atoms with Crippen molar-refractivity contribution < 1.29 is 41.3 Å². The predicted octanol–water partition coefficient (Wildman–Crippen LogP) is 6.56. The van der Waals surface area contributed by atoms with Crippen LogP contribution in [0.25, 0.3) is 11.1 Å². The first-order chi connectivity index (χ1) is 22.7. The molecule has 1 aliphatic heterocycles.